The molecule has 0 atom stereocenters. The number of hydrogen-bond donors (Lipinski definition) is 1. The van der Waals surface area contributed by atoms with Crippen LogP contribution in [0, 0.1) is 5.82 Å². The van der Waals surface area contributed by atoms with Crippen molar-refractivity contribution < 1.29 is 4.39 Å². The minimum absolute atomic E-state index is 0. The van der Waals surface area contributed by atoms with E-state index in [1.54, 1.807) is 0 Å². The Hall–Kier alpha value is -1.87. The quantitative estimate of drug-likeness (QED) is 0.392. The number of rotatable bonds is 5. The Labute approximate surface area is 184 Å². The van der Waals surface area contributed by atoms with Crippen LogP contribution >= 0.6 is 24.0 Å². The first kappa shape index (κ1) is 22.4. The first-order chi connectivity index (χ1) is 13.0. The molecule has 1 heterocycles. The molecular weight excluding hydrogens is 468 g/mol. The monoisotopic (exact) mass is 497 g/mol. The average Bonchev–Trinajstić information content (AvgIpc) is 2.67. The molecule has 7 heteroatoms. The highest BCUT2D eigenvalue weighted by Gasteiger charge is 2.18. The number of guanidine groups is 1. The third-order valence-electron chi connectivity index (χ3n) is 4.81. The zero-order chi connectivity index (χ0) is 19.2. The Morgan fingerprint density at radius 3 is 2.21 bits per heavy atom. The lowest BCUT2D eigenvalue weighted by atomic mass is 10.1. The lowest BCUT2D eigenvalue weighted by Gasteiger charge is -2.36. The maximum absolute atomic E-state index is 13.1. The molecule has 5 nitrogen and oxygen atoms in total. The minimum Gasteiger partial charge on any atom is -0.370 e. The molecule has 0 unspecified atom stereocenters. The van der Waals surface area contributed by atoms with Crippen molar-refractivity contribution in [1.29, 1.82) is 0 Å². The Bertz CT molecular complexity index is 771. The van der Waals surface area contributed by atoms with Gasteiger partial charge in [-0.2, -0.15) is 0 Å². The smallest absolute Gasteiger partial charge is 0.191 e. The molecule has 2 N–H and O–H groups in total. The van der Waals surface area contributed by atoms with Crippen molar-refractivity contribution in [2.24, 2.45) is 10.7 Å². The predicted molar refractivity (Wildman–Crippen MR) is 125 cm³/mol. The van der Waals surface area contributed by atoms with Gasteiger partial charge in [0.2, 0.25) is 0 Å². The number of nitrogens with two attached hydrogens (primary N) is 1. The van der Waals surface area contributed by atoms with Crippen LogP contribution in [0.25, 0.3) is 0 Å². The maximum Gasteiger partial charge on any atom is 0.191 e. The van der Waals surface area contributed by atoms with Crippen molar-refractivity contribution in [3.8, 4) is 0 Å². The normalized spacial score (nSPS) is 14.9. The van der Waals surface area contributed by atoms with Gasteiger partial charge in [-0.25, -0.2) is 9.38 Å². The SMILES string of the molecule is CN(C)Cc1ccccc1CN=C(N)N1CCN(c2ccc(F)cc2)CC1.I. The molecule has 0 saturated carbocycles. The molecule has 0 radical (unpaired) electrons. The second-order valence-electron chi connectivity index (χ2n) is 7.13. The zero-order valence-corrected chi connectivity index (χ0v) is 18.8. The summed E-state index contributed by atoms with van der Waals surface area (Å²) in [6.07, 6.45) is 0. The summed E-state index contributed by atoms with van der Waals surface area (Å²) in [5.41, 5.74) is 9.78. The van der Waals surface area contributed by atoms with E-state index < -0.39 is 0 Å². The van der Waals surface area contributed by atoms with Gasteiger partial charge < -0.3 is 20.4 Å². The third kappa shape index (κ3) is 6.07. The van der Waals surface area contributed by atoms with Gasteiger partial charge in [0.15, 0.2) is 5.96 Å². The topological polar surface area (TPSA) is 48.1 Å². The molecule has 152 valence electrons. The van der Waals surface area contributed by atoms with Crippen LogP contribution in [0.4, 0.5) is 10.1 Å². The van der Waals surface area contributed by atoms with Crippen LogP contribution in [0.1, 0.15) is 11.1 Å². The highest BCUT2D eigenvalue weighted by molar-refractivity contribution is 14.0. The summed E-state index contributed by atoms with van der Waals surface area (Å²) in [6.45, 7) is 4.80. The van der Waals surface area contributed by atoms with E-state index in [4.69, 9.17) is 5.73 Å². The standard InChI is InChI=1S/C21H28FN5.HI/c1-25(2)16-18-6-4-3-5-17(18)15-24-21(23)27-13-11-26(12-14-27)20-9-7-19(22)8-10-20;/h3-10H,11-16H2,1-2H3,(H2,23,24);1H. The Morgan fingerprint density at radius 1 is 1.00 bits per heavy atom. The molecule has 2 aromatic rings. The molecule has 0 bridgehead atoms. The summed E-state index contributed by atoms with van der Waals surface area (Å²) >= 11 is 0. The molecule has 1 aliphatic rings. The van der Waals surface area contributed by atoms with Crippen molar-refractivity contribution in [2.75, 3.05) is 45.2 Å². The second-order valence-corrected chi connectivity index (χ2v) is 7.13. The van der Waals surface area contributed by atoms with E-state index in [0.717, 1.165) is 38.4 Å². The lowest BCUT2D eigenvalue weighted by molar-refractivity contribution is 0.380. The van der Waals surface area contributed by atoms with Gasteiger partial charge in [-0.05, 0) is 49.5 Å². The zero-order valence-electron chi connectivity index (χ0n) is 16.5. The molecule has 0 aliphatic carbocycles. The molecule has 1 fully saturated rings. The van der Waals surface area contributed by atoms with Crippen molar-refractivity contribution in [1.82, 2.24) is 9.80 Å². The molecule has 0 aromatic heterocycles. The van der Waals surface area contributed by atoms with Gasteiger partial charge in [-0.1, -0.05) is 24.3 Å². The van der Waals surface area contributed by atoms with E-state index >= 15 is 0 Å². The summed E-state index contributed by atoms with van der Waals surface area (Å²) in [7, 11) is 4.13. The fourth-order valence-electron chi connectivity index (χ4n) is 3.32. The van der Waals surface area contributed by atoms with Crippen molar-refractivity contribution in [2.45, 2.75) is 13.1 Å². The van der Waals surface area contributed by atoms with Gasteiger partial charge in [0.1, 0.15) is 5.82 Å². The number of piperazine rings is 1. The van der Waals surface area contributed by atoms with Crippen molar-refractivity contribution in [3.63, 3.8) is 0 Å². The molecule has 1 aliphatic heterocycles. The molecule has 3 rings (SSSR count). The van der Waals surface area contributed by atoms with Crippen molar-refractivity contribution >= 4 is 35.6 Å². The summed E-state index contributed by atoms with van der Waals surface area (Å²) in [5.74, 6) is 0.386. The first-order valence-electron chi connectivity index (χ1n) is 9.30. The fraction of sp³-hybridized carbons (Fsp3) is 0.381. The predicted octanol–water partition coefficient (Wildman–Crippen LogP) is 3.14. The number of halogens is 2. The van der Waals surface area contributed by atoms with Gasteiger partial charge in [0.05, 0.1) is 6.54 Å². The van der Waals surface area contributed by atoms with Crippen molar-refractivity contribution in [3.05, 3.63) is 65.5 Å². The highest BCUT2D eigenvalue weighted by atomic mass is 127. The second kappa shape index (κ2) is 10.6. The van der Waals surface area contributed by atoms with E-state index in [0.29, 0.717) is 12.5 Å². The number of nitrogens with zero attached hydrogens (tertiary/aromatic N) is 4. The Kier molecular flexibility index (Phi) is 8.50. The molecule has 0 amide bonds. The lowest BCUT2D eigenvalue weighted by Crippen LogP contribution is -2.51. The molecule has 28 heavy (non-hydrogen) atoms. The Balaban J connectivity index is 0.00000280. The fourth-order valence-corrected chi connectivity index (χ4v) is 3.32. The number of anilines is 1. The largest absolute Gasteiger partial charge is 0.370 e. The third-order valence-corrected chi connectivity index (χ3v) is 4.81. The van der Waals surface area contributed by atoms with E-state index in [2.05, 4.69) is 52.0 Å². The summed E-state index contributed by atoms with van der Waals surface area (Å²) in [4.78, 5) is 11.1. The van der Waals surface area contributed by atoms with E-state index in [1.165, 1.54) is 23.3 Å². The Morgan fingerprint density at radius 2 is 1.61 bits per heavy atom. The van der Waals surface area contributed by atoms with E-state index in [9.17, 15) is 4.39 Å². The van der Waals surface area contributed by atoms with Crippen LogP contribution in [0.5, 0.6) is 0 Å². The van der Waals surface area contributed by atoms with Crippen LogP contribution in [0.15, 0.2) is 53.5 Å². The summed E-state index contributed by atoms with van der Waals surface area (Å²) in [5, 5.41) is 0. The van der Waals surface area contributed by atoms with E-state index in [-0.39, 0.29) is 29.8 Å². The van der Waals surface area contributed by atoms with Crippen LogP contribution in [0.3, 0.4) is 0 Å². The number of aliphatic imine (C=N–C) groups is 1. The molecule has 0 spiro atoms. The number of hydrogen-bond acceptors (Lipinski definition) is 3. The van der Waals surface area contributed by atoms with Gasteiger partial charge in [-0.15, -0.1) is 24.0 Å². The van der Waals surface area contributed by atoms with E-state index in [1.807, 2.05) is 18.2 Å². The van der Waals surface area contributed by atoms with Crippen LogP contribution in [-0.4, -0.2) is 56.0 Å². The van der Waals surface area contributed by atoms with Crippen LogP contribution in [-0.2, 0) is 13.1 Å². The van der Waals surface area contributed by atoms with Gasteiger partial charge in [-0.3, -0.25) is 0 Å². The van der Waals surface area contributed by atoms with Gasteiger partial charge in [0.25, 0.3) is 0 Å². The van der Waals surface area contributed by atoms with Crippen LogP contribution in [0.2, 0.25) is 0 Å². The number of benzene rings is 2. The summed E-state index contributed by atoms with van der Waals surface area (Å²) in [6, 6.07) is 15.0. The first-order valence-corrected chi connectivity index (χ1v) is 9.30. The maximum atomic E-state index is 13.1. The minimum atomic E-state index is -0.205. The average molecular weight is 497 g/mol. The summed E-state index contributed by atoms with van der Waals surface area (Å²) < 4.78 is 13.1. The van der Waals surface area contributed by atoms with Gasteiger partial charge >= 0.3 is 0 Å². The van der Waals surface area contributed by atoms with Crippen LogP contribution < -0.4 is 10.6 Å². The highest BCUT2D eigenvalue weighted by Crippen LogP contribution is 2.17. The van der Waals surface area contributed by atoms with Gasteiger partial charge in [0, 0.05) is 38.4 Å². The molecule has 2 aromatic carbocycles. The molecule has 1 saturated heterocycles. The molecular formula is C21H29FIN5.